The average Bonchev–Trinajstić information content (AvgIpc) is 3.05. The van der Waals surface area contributed by atoms with Crippen LogP contribution < -0.4 is 16.4 Å². The van der Waals surface area contributed by atoms with Crippen LogP contribution >= 0.6 is 24.0 Å². The maximum Gasteiger partial charge on any atom is 0.224 e. The maximum atomic E-state index is 11.9. The lowest BCUT2D eigenvalue weighted by atomic mass is 10.1. The fraction of sp³-hybridized carbons (Fsp3) is 0.600. The summed E-state index contributed by atoms with van der Waals surface area (Å²) in [7, 11) is 0. The van der Waals surface area contributed by atoms with Crippen molar-refractivity contribution in [2.24, 2.45) is 16.6 Å². The van der Waals surface area contributed by atoms with Crippen molar-refractivity contribution in [1.29, 1.82) is 0 Å². The van der Waals surface area contributed by atoms with Crippen molar-refractivity contribution >= 4 is 41.5 Å². The molecule has 0 radical (unpaired) electrons. The lowest BCUT2D eigenvalue weighted by Gasteiger charge is -2.23. The van der Waals surface area contributed by atoms with Gasteiger partial charge in [-0.1, -0.05) is 32.9 Å². The number of nitrogens with zero attached hydrogens (tertiary/aromatic N) is 2. The second kappa shape index (κ2) is 12.2. The fourth-order valence-electron chi connectivity index (χ4n) is 3.33. The highest BCUT2D eigenvalue weighted by Crippen LogP contribution is 2.15. The number of rotatable bonds is 8. The van der Waals surface area contributed by atoms with E-state index in [9.17, 15) is 4.79 Å². The van der Waals surface area contributed by atoms with E-state index in [1.54, 1.807) is 0 Å². The molecule has 0 aliphatic carbocycles. The van der Waals surface area contributed by atoms with Crippen LogP contribution in [0.1, 0.15) is 45.6 Å². The van der Waals surface area contributed by atoms with E-state index in [0.29, 0.717) is 30.9 Å². The van der Waals surface area contributed by atoms with Crippen molar-refractivity contribution in [1.82, 2.24) is 10.2 Å². The van der Waals surface area contributed by atoms with Crippen LogP contribution in [-0.4, -0.2) is 42.4 Å². The number of nitrogens with one attached hydrogen (secondary N) is 2. The van der Waals surface area contributed by atoms with Gasteiger partial charge in [0.25, 0.3) is 0 Å². The smallest absolute Gasteiger partial charge is 0.224 e. The zero-order valence-electron chi connectivity index (χ0n) is 16.7. The molecule has 0 saturated carbocycles. The lowest BCUT2D eigenvalue weighted by Crippen LogP contribution is -2.42. The van der Waals surface area contributed by atoms with Crippen LogP contribution in [0.5, 0.6) is 0 Å². The summed E-state index contributed by atoms with van der Waals surface area (Å²) in [6, 6.07) is 8.31. The van der Waals surface area contributed by atoms with E-state index >= 15 is 0 Å². The molecule has 1 atom stereocenters. The van der Waals surface area contributed by atoms with Crippen LogP contribution in [-0.2, 0) is 11.3 Å². The van der Waals surface area contributed by atoms with Gasteiger partial charge in [-0.2, -0.15) is 0 Å². The summed E-state index contributed by atoms with van der Waals surface area (Å²) in [5.41, 5.74) is 7.84. The minimum atomic E-state index is 0. The second-order valence-electron chi connectivity index (χ2n) is 7.35. The molecule has 0 bridgehead atoms. The predicted molar refractivity (Wildman–Crippen MR) is 124 cm³/mol. The topological polar surface area (TPSA) is 82.8 Å². The highest BCUT2D eigenvalue weighted by molar-refractivity contribution is 14.0. The molecule has 1 aromatic rings. The van der Waals surface area contributed by atoms with Crippen LogP contribution in [0, 0.1) is 5.92 Å². The highest BCUT2D eigenvalue weighted by atomic mass is 127. The molecule has 1 unspecified atom stereocenters. The molecule has 1 aliphatic rings. The van der Waals surface area contributed by atoms with E-state index in [4.69, 9.17) is 5.73 Å². The number of benzene rings is 1. The third-order valence-corrected chi connectivity index (χ3v) is 4.66. The normalized spacial score (nSPS) is 17.6. The fourth-order valence-corrected chi connectivity index (χ4v) is 3.33. The van der Waals surface area contributed by atoms with Gasteiger partial charge in [-0.15, -0.1) is 24.0 Å². The van der Waals surface area contributed by atoms with Crippen molar-refractivity contribution in [3.8, 4) is 0 Å². The van der Waals surface area contributed by atoms with Gasteiger partial charge in [0.2, 0.25) is 5.91 Å². The molecule has 2 rings (SSSR count). The molecular formula is C20H34IN5O. The molecule has 7 heteroatoms. The predicted octanol–water partition coefficient (Wildman–Crippen LogP) is 3.18. The van der Waals surface area contributed by atoms with Crippen molar-refractivity contribution in [3.05, 3.63) is 29.8 Å². The number of amides is 1. The minimum absolute atomic E-state index is 0. The van der Waals surface area contributed by atoms with Gasteiger partial charge in [0.05, 0.1) is 6.54 Å². The van der Waals surface area contributed by atoms with Gasteiger partial charge in [0, 0.05) is 24.7 Å². The van der Waals surface area contributed by atoms with Crippen molar-refractivity contribution in [2.75, 3.05) is 25.0 Å². The van der Waals surface area contributed by atoms with Crippen molar-refractivity contribution in [2.45, 2.75) is 52.6 Å². The zero-order chi connectivity index (χ0) is 18.9. The molecule has 1 fully saturated rings. The molecule has 6 nitrogen and oxygen atoms in total. The van der Waals surface area contributed by atoms with Gasteiger partial charge in [-0.3, -0.25) is 9.69 Å². The summed E-state index contributed by atoms with van der Waals surface area (Å²) in [4.78, 5) is 18.8. The second-order valence-corrected chi connectivity index (χ2v) is 7.35. The number of hydrogen-bond acceptors (Lipinski definition) is 3. The number of guanidine groups is 1. The summed E-state index contributed by atoms with van der Waals surface area (Å²) in [6.07, 6.45) is 2.99. The number of anilines is 1. The number of aliphatic imine (C=N–C) groups is 1. The first kappa shape index (κ1) is 23.7. The molecule has 1 aliphatic heterocycles. The molecule has 1 aromatic carbocycles. The van der Waals surface area contributed by atoms with Gasteiger partial charge in [-0.25, -0.2) is 4.99 Å². The van der Waals surface area contributed by atoms with Gasteiger partial charge in [-0.05, 0) is 49.5 Å². The van der Waals surface area contributed by atoms with E-state index in [1.165, 1.54) is 19.4 Å². The molecular weight excluding hydrogens is 453 g/mol. The Morgan fingerprint density at radius 2 is 2.19 bits per heavy atom. The van der Waals surface area contributed by atoms with E-state index in [0.717, 1.165) is 24.3 Å². The largest absolute Gasteiger partial charge is 0.370 e. The number of likely N-dealkylation sites (N-methyl/N-ethyl adjacent to an activating group) is 1. The molecule has 1 amide bonds. The monoisotopic (exact) mass is 487 g/mol. The molecule has 4 N–H and O–H groups in total. The Morgan fingerprint density at radius 3 is 2.89 bits per heavy atom. The molecule has 0 aromatic heterocycles. The number of halogens is 1. The number of likely N-dealkylation sites (tertiary alicyclic amines) is 1. The molecule has 0 spiro atoms. The lowest BCUT2D eigenvalue weighted by molar-refractivity contribution is -0.116. The average molecular weight is 487 g/mol. The zero-order valence-corrected chi connectivity index (χ0v) is 19.0. The number of carbonyl (C=O) groups is 1. The summed E-state index contributed by atoms with van der Waals surface area (Å²) < 4.78 is 0. The van der Waals surface area contributed by atoms with Crippen LogP contribution in [0.15, 0.2) is 29.3 Å². The first-order chi connectivity index (χ1) is 12.5. The Morgan fingerprint density at radius 1 is 1.41 bits per heavy atom. The number of carbonyl (C=O) groups excluding carboxylic acids is 1. The van der Waals surface area contributed by atoms with E-state index < -0.39 is 0 Å². The van der Waals surface area contributed by atoms with Crippen LogP contribution in [0.2, 0.25) is 0 Å². The highest BCUT2D eigenvalue weighted by Gasteiger charge is 2.22. The minimum Gasteiger partial charge on any atom is -0.370 e. The third-order valence-electron chi connectivity index (χ3n) is 4.66. The molecule has 1 heterocycles. The Labute approximate surface area is 180 Å². The quantitative estimate of drug-likeness (QED) is 0.299. The van der Waals surface area contributed by atoms with Crippen LogP contribution in [0.3, 0.4) is 0 Å². The van der Waals surface area contributed by atoms with Crippen molar-refractivity contribution < 1.29 is 4.79 Å². The van der Waals surface area contributed by atoms with Gasteiger partial charge < -0.3 is 16.4 Å². The Balaban J connectivity index is 0.00000364. The SMILES string of the molecule is CCN1CCCC1CNC(N)=NCc1cccc(NC(=O)CC(C)C)c1.I. The van der Waals surface area contributed by atoms with Gasteiger partial charge in [0.1, 0.15) is 0 Å². The number of hydrogen-bond donors (Lipinski definition) is 3. The summed E-state index contributed by atoms with van der Waals surface area (Å²) >= 11 is 0. The number of nitrogens with two attached hydrogens (primary N) is 1. The first-order valence-corrected chi connectivity index (χ1v) is 9.64. The Hall–Kier alpha value is -1.35. The summed E-state index contributed by atoms with van der Waals surface area (Å²) in [6.45, 7) is 9.86. The standard InChI is InChI=1S/C20H33N5O.HI/c1-4-25-10-6-9-18(25)14-23-20(21)22-13-16-7-5-8-17(12-16)24-19(26)11-15(2)3;/h5,7-8,12,15,18H,4,6,9-11,13-14H2,1-3H3,(H,24,26)(H3,21,22,23);1H. The third kappa shape index (κ3) is 8.47. The Bertz CT molecular complexity index is 620. The van der Waals surface area contributed by atoms with E-state index in [1.807, 2.05) is 38.1 Å². The molecule has 152 valence electrons. The Kier molecular flexibility index (Phi) is 10.7. The van der Waals surface area contributed by atoms with E-state index in [-0.39, 0.29) is 29.9 Å². The molecule has 1 saturated heterocycles. The molecule has 27 heavy (non-hydrogen) atoms. The van der Waals surface area contributed by atoms with Gasteiger partial charge in [0.15, 0.2) is 5.96 Å². The first-order valence-electron chi connectivity index (χ1n) is 9.64. The van der Waals surface area contributed by atoms with Crippen molar-refractivity contribution in [3.63, 3.8) is 0 Å². The van der Waals surface area contributed by atoms with E-state index in [2.05, 4.69) is 27.4 Å². The summed E-state index contributed by atoms with van der Waals surface area (Å²) in [5.74, 6) is 0.859. The van der Waals surface area contributed by atoms with Crippen LogP contribution in [0.25, 0.3) is 0 Å². The van der Waals surface area contributed by atoms with Crippen LogP contribution in [0.4, 0.5) is 5.69 Å². The summed E-state index contributed by atoms with van der Waals surface area (Å²) in [5, 5.41) is 6.18. The van der Waals surface area contributed by atoms with Gasteiger partial charge >= 0.3 is 0 Å². The maximum absolute atomic E-state index is 11.9.